The summed E-state index contributed by atoms with van der Waals surface area (Å²) >= 11 is 5.62. The van der Waals surface area contributed by atoms with E-state index in [9.17, 15) is 8.78 Å². The second-order valence-corrected chi connectivity index (χ2v) is 3.01. The van der Waals surface area contributed by atoms with E-state index >= 15 is 0 Å². The van der Waals surface area contributed by atoms with Crippen molar-refractivity contribution < 1.29 is 8.78 Å². The predicted molar refractivity (Wildman–Crippen MR) is 48.2 cm³/mol. The summed E-state index contributed by atoms with van der Waals surface area (Å²) in [6.07, 6.45) is -2.92. The number of aromatic nitrogens is 1. The monoisotopic (exact) mass is 227 g/mol. The van der Waals surface area contributed by atoms with Crippen LogP contribution in [-0.2, 0) is 6.42 Å². The van der Waals surface area contributed by atoms with Gasteiger partial charge in [-0.1, -0.05) is 11.6 Å². The van der Waals surface area contributed by atoms with Crippen LogP contribution >= 0.6 is 11.6 Å². The second-order valence-electron chi connectivity index (χ2n) is 2.60. The Balaban J connectivity index is 3.32. The number of halogens is 3. The molecule has 1 aromatic heterocycles. The summed E-state index contributed by atoms with van der Waals surface area (Å²) in [6.45, 7) is 0. The maximum atomic E-state index is 12.4. The van der Waals surface area contributed by atoms with Gasteiger partial charge in [0.05, 0.1) is 28.8 Å². The van der Waals surface area contributed by atoms with Crippen molar-refractivity contribution in [1.29, 1.82) is 10.5 Å². The summed E-state index contributed by atoms with van der Waals surface area (Å²) in [5, 5.41) is 17.0. The molecular weight excluding hydrogens is 224 g/mol. The molecular formula is C9H4ClF2N3. The topological polar surface area (TPSA) is 60.5 Å². The Kier molecular flexibility index (Phi) is 3.54. The number of nitrogens with zero attached hydrogens (tertiary/aromatic N) is 3. The van der Waals surface area contributed by atoms with Crippen LogP contribution in [0.1, 0.15) is 23.4 Å². The summed E-state index contributed by atoms with van der Waals surface area (Å²) in [4.78, 5) is 3.61. The van der Waals surface area contributed by atoms with Crippen LogP contribution in [0.3, 0.4) is 0 Å². The number of alkyl halides is 2. The molecule has 0 N–H and O–H groups in total. The molecule has 15 heavy (non-hydrogen) atoms. The minimum Gasteiger partial charge on any atom is -0.239 e. The average Bonchev–Trinajstić information content (AvgIpc) is 2.20. The molecule has 76 valence electrons. The molecule has 0 unspecified atom stereocenters. The molecule has 0 spiro atoms. The molecule has 0 aliphatic rings. The third kappa shape index (κ3) is 2.39. The van der Waals surface area contributed by atoms with E-state index in [4.69, 9.17) is 22.1 Å². The lowest BCUT2D eigenvalue weighted by atomic mass is 10.1. The Morgan fingerprint density at radius 3 is 2.60 bits per heavy atom. The van der Waals surface area contributed by atoms with Crippen molar-refractivity contribution in [3.05, 3.63) is 28.0 Å². The first-order chi connectivity index (χ1) is 7.10. The summed E-state index contributed by atoms with van der Waals surface area (Å²) in [7, 11) is 0. The summed E-state index contributed by atoms with van der Waals surface area (Å²) in [6, 6.07) is 4.30. The molecule has 0 saturated carbocycles. The lowest BCUT2D eigenvalue weighted by molar-refractivity contribution is 0.150. The minimum absolute atomic E-state index is 0.0224. The molecule has 0 amide bonds. The minimum atomic E-state index is -2.80. The van der Waals surface area contributed by atoms with Crippen molar-refractivity contribution in [2.75, 3.05) is 0 Å². The van der Waals surface area contributed by atoms with Crippen LogP contribution < -0.4 is 0 Å². The van der Waals surface area contributed by atoms with E-state index in [1.54, 1.807) is 12.1 Å². The van der Waals surface area contributed by atoms with Gasteiger partial charge in [-0.15, -0.1) is 0 Å². The van der Waals surface area contributed by atoms with Crippen LogP contribution in [-0.4, -0.2) is 4.98 Å². The van der Waals surface area contributed by atoms with Gasteiger partial charge in [-0.2, -0.15) is 10.5 Å². The predicted octanol–water partition coefficient (Wildman–Crippen LogP) is 2.61. The van der Waals surface area contributed by atoms with Gasteiger partial charge in [0.15, 0.2) is 0 Å². The molecule has 0 bridgehead atoms. The molecule has 1 heterocycles. The standard InChI is InChI=1S/C9H4ClF2N3/c10-6-3-5(9(11)12)8(4-14)15-7(6)1-2-13/h3,9H,1H2. The van der Waals surface area contributed by atoms with Gasteiger partial charge in [-0.05, 0) is 6.07 Å². The molecule has 0 atom stereocenters. The number of pyridine rings is 1. The van der Waals surface area contributed by atoms with Crippen molar-refractivity contribution >= 4 is 11.6 Å². The van der Waals surface area contributed by atoms with Crippen LogP contribution in [0.15, 0.2) is 6.07 Å². The van der Waals surface area contributed by atoms with E-state index in [2.05, 4.69) is 4.98 Å². The van der Waals surface area contributed by atoms with Crippen molar-refractivity contribution in [1.82, 2.24) is 4.98 Å². The Labute approximate surface area is 89.5 Å². The molecule has 0 aliphatic carbocycles. The van der Waals surface area contributed by atoms with Gasteiger partial charge >= 0.3 is 0 Å². The van der Waals surface area contributed by atoms with Gasteiger partial charge in [0.25, 0.3) is 6.43 Å². The normalized spacial score (nSPS) is 9.73. The van der Waals surface area contributed by atoms with Crippen LogP contribution in [0.2, 0.25) is 5.02 Å². The van der Waals surface area contributed by atoms with Gasteiger partial charge in [0.1, 0.15) is 11.8 Å². The third-order valence-electron chi connectivity index (χ3n) is 1.67. The van der Waals surface area contributed by atoms with Crippen LogP contribution in [0, 0.1) is 22.7 Å². The second kappa shape index (κ2) is 4.68. The maximum Gasteiger partial charge on any atom is 0.266 e. The number of hydrogen-bond acceptors (Lipinski definition) is 3. The molecule has 0 radical (unpaired) electrons. The molecule has 6 heteroatoms. The molecule has 1 rings (SSSR count). The van der Waals surface area contributed by atoms with Crippen molar-refractivity contribution in [3.63, 3.8) is 0 Å². The quantitative estimate of drug-likeness (QED) is 0.780. The van der Waals surface area contributed by atoms with Crippen molar-refractivity contribution in [2.45, 2.75) is 12.8 Å². The lowest BCUT2D eigenvalue weighted by Gasteiger charge is -2.05. The Hall–Kier alpha value is -1.72. The van der Waals surface area contributed by atoms with Crippen molar-refractivity contribution in [2.24, 2.45) is 0 Å². The molecule has 0 aliphatic heterocycles. The summed E-state index contributed by atoms with van der Waals surface area (Å²) in [5.74, 6) is 0. The van der Waals surface area contributed by atoms with Gasteiger partial charge in [-0.3, -0.25) is 0 Å². The Bertz CT molecular complexity index is 460. The van der Waals surface area contributed by atoms with Gasteiger partial charge in [0, 0.05) is 0 Å². The highest BCUT2D eigenvalue weighted by Gasteiger charge is 2.17. The van der Waals surface area contributed by atoms with E-state index in [0.717, 1.165) is 6.07 Å². The zero-order valence-corrected chi connectivity index (χ0v) is 8.09. The number of rotatable bonds is 2. The highest BCUT2D eigenvalue weighted by atomic mass is 35.5. The first-order valence-electron chi connectivity index (χ1n) is 3.84. The summed E-state index contributed by atoms with van der Waals surface area (Å²) < 4.78 is 24.8. The average molecular weight is 228 g/mol. The molecule has 0 aromatic carbocycles. The fraction of sp³-hybridized carbons (Fsp3) is 0.222. The SMILES string of the molecule is N#CCc1nc(C#N)c(C(F)F)cc1Cl. The lowest BCUT2D eigenvalue weighted by Crippen LogP contribution is -1.99. The van der Waals surface area contributed by atoms with Gasteiger partial charge in [0.2, 0.25) is 0 Å². The maximum absolute atomic E-state index is 12.4. The fourth-order valence-electron chi connectivity index (χ4n) is 0.996. The largest absolute Gasteiger partial charge is 0.266 e. The molecule has 1 aromatic rings. The first kappa shape index (κ1) is 11.4. The van der Waals surface area contributed by atoms with Crippen molar-refractivity contribution in [3.8, 4) is 12.1 Å². The van der Waals surface area contributed by atoms with Crippen LogP contribution in [0.4, 0.5) is 8.78 Å². The highest BCUT2D eigenvalue weighted by Crippen LogP contribution is 2.26. The van der Waals surface area contributed by atoms with E-state index in [0.29, 0.717) is 0 Å². The van der Waals surface area contributed by atoms with Crippen LogP contribution in [0.25, 0.3) is 0 Å². The molecule has 0 saturated heterocycles. The Morgan fingerprint density at radius 1 is 1.47 bits per heavy atom. The van der Waals surface area contributed by atoms with E-state index in [-0.39, 0.29) is 22.8 Å². The highest BCUT2D eigenvalue weighted by molar-refractivity contribution is 6.31. The van der Waals surface area contributed by atoms with Gasteiger partial charge < -0.3 is 0 Å². The zero-order chi connectivity index (χ0) is 11.4. The molecule has 3 nitrogen and oxygen atoms in total. The van der Waals surface area contributed by atoms with Gasteiger partial charge in [-0.25, -0.2) is 13.8 Å². The fourth-order valence-corrected chi connectivity index (χ4v) is 1.22. The summed E-state index contributed by atoms with van der Waals surface area (Å²) in [5.41, 5.74) is -0.760. The van der Waals surface area contributed by atoms with Crippen LogP contribution in [0.5, 0.6) is 0 Å². The number of hydrogen-bond donors (Lipinski definition) is 0. The van der Waals surface area contributed by atoms with E-state index in [1.807, 2.05) is 0 Å². The first-order valence-corrected chi connectivity index (χ1v) is 4.22. The van der Waals surface area contributed by atoms with E-state index in [1.165, 1.54) is 0 Å². The third-order valence-corrected chi connectivity index (χ3v) is 1.99. The van der Waals surface area contributed by atoms with E-state index < -0.39 is 12.0 Å². The Morgan fingerprint density at radius 2 is 2.13 bits per heavy atom. The smallest absolute Gasteiger partial charge is 0.239 e. The number of nitriles is 2. The zero-order valence-electron chi connectivity index (χ0n) is 7.34. The molecule has 0 fully saturated rings.